The summed E-state index contributed by atoms with van der Waals surface area (Å²) in [6, 6.07) is 13.1. The Labute approximate surface area is 210 Å². The predicted octanol–water partition coefficient (Wildman–Crippen LogP) is 5.20. The molecule has 190 valence electrons. The average molecular weight is 480 g/mol. The van der Waals surface area contributed by atoms with Crippen LogP contribution in [-0.2, 0) is 6.42 Å². The Morgan fingerprint density at radius 3 is 2.20 bits per heavy atom. The number of aryl methyl sites for hydroxylation is 1. The van der Waals surface area contributed by atoms with E-state index < -0.39 is 0 Å². The summed E-state index contributed by atoms with van der Waals surface area (Å²) in [6.45, 7) is 13.8. The third-order valence-corrected chi connectivity index (χ3v) is 6.85. The van der Waals surface area contributed by atoms with Crippen molar-refractivity contribution in [2.45, 2.75) is 47.0 Å². The van der Waals surface area contributed by atoms with Gasteiger partial charge in [-0.1, -0.05) is 39.8 Å². The molecule has 0 saturated carbocycles. The van der Waals surface area contributed by atoms with Gasteiger partial charge in [-0.15, -0.1) is 0 Å². The van der Waals surface area contributed by atoms with Crippen molar-refractivity contribution in [3.8, 4) is 0 Å². The summed E-state index contributed by atoms with van der Waals surface area (Å²) >= 11 is 0. The topological polar surface area (TPSA) is 76.7 Å². The molecule has 1 fully saturated rings. The Kier molecular flexibility index (Phi) is 9.97. The number of urea groups is 1. The van der Waals surface area contributed by atoms with E-state index in [-0.39, 0.29) is 11.9 Å². The van der Waals surface area contributed by atoms with Crippen LogP contribution in [0.3, 0.4) is 0 Å². The van der Waals surface area contributed by atoms with E-state index in [4.69, 9.17) is 0 Å². The van der Waals surface area contributed by atoms with Gasteiger partial charge in [-0.2, -0.15) is 0 Å². The second kappa shape index (κ2) is 13.1. The highest BCUT2D eigenvalue weighted by molar-refractivity contribution is 6.04. The van der Waals surface area contributed by atoms with Crippen molar-refractivity contribution >= 4 is 29.0 Å². The van der Waals surface area contributed by atoms with Gasteiger partial charge in [0.05, 0.1) is 5.56 Å². The minimum Gasteiger partial charge on any atom is -0.371 e. The quantitative estimate of drug-likeness (QED) is 0.438. The lowest BCUT2D eigenvalue weighted by Gasteiger charge is -2.33. The second-order valence-electron chi connectivity index (χ2n) is 9.31. The molecule has 2 aromatic rings. The minimum absolute atomic E-state index is 0.106. The molecule has 0 unspecified atom stereocenters. The van der Waals surface area contributed by atoms with Crippen molar-refractivity contribution in [3.05, 3.63) is 53.6 Å². The fraction of sp³-hybridized carbons (Fsp3) is 0.500. The van der Waals surface area contributed by atoms with Crippen LogP contribution in [0.25, 0.3) is 0 Å². The molecule has 3 rings (SSSR count). The maximum Gasteiger partial charge on any atom is 0.323 e. The molecule has 0 bridgehead atoms. The van der Waals surface area contributed by atoms with Gasteiger partial charge in [0, 0.05) is 43.2 Å². The van der Waals surface area contributed by atoms with Crippen molar-refractivity contribution in [3.63, 3.8) is 0 Å². The summed E-state index contributed by atoms with van der Waals surface area (Å²) in [5.74, 6) is 0.596. The standard InChI is InChI=1S/C28H41N5O2/c1-5-22-8-10-23(11-9-22)30-28(35)31-24-12-13-26(33-17-14-21(4)15-18-33)25(20-24)27(34)29-16-19-32(6-2)7-3/h8-13,20-21H,5-7,14-19H2,1-4H3,(H,29,34)(H2,30,31,35). The van der Waals surface area contributed by atoms with Crippen molar-refractivity contribution in [2.24, 2.45) is 5.92 Å². The third-order valence-electron chi connectivity index (χ3n) is 6.85. The molecular formula is C28H41N5O2. The van der Waals surface area contributed by atoms with E-state index in [1.54, 1.807) is 6.07 Å². The molecule has 1 aliphatic rings. The molecule has 0 spiro atoms. The van der Waals surface area contributed by atoms with E-state index in [2.05, 4.69) is 53.4 Å². The fourth-order valence-corrected chi connectivity index (χ4v) is 4.40. The van der Waals surface area contributed by atoms with Crippen LogP contribution in [0.5, 0.6) is 0 Å². The molecule has 0 atom stereocenters. The zero-order valence-corrected chi connectivity index (χ0v) is 21.7. The number of benzene rings is 2. The predicted molar refractivity (Wildman–Crippen MR) is 146 cm³/mol. The van der Waals surface area contributed by atoms with Gasteiger partial charge in [0.2, 0.25) is 0 Å². The molecule has 7 heteroatoms. The monoisotopic (exact) mass is 479 g/mol. The van der Waals surface area contributed by atoms with E-state index >= 15 is 0 Å². The van der Waals surface area contributed by atoms with Crippen molar-refractivity contribution in [2.75, 3.05) is 54.8 Å². The summed E-state index contributed by atoms with van der Waals surface area (Å²) in [6.07, 6.45) is 3.18. The zero-order valence-electron chi connectivity index (χ0n) is 21.7. The van der Waals surface area contributed by atoms with Gasteiger partial charge < -0.3 is 25.8 Å². The van der Waals surface area contributed by atoms with Crippen molar-refractivity contribution in [1.29, 1.82) is 0 Å². The molecule has 1 saturated heterocycles. The summed E-state index contributed by atoms with van der Waals surface area (Å²) in [5.41, 5.74) is 4.07. The number of rotatable bonds is 10. The number of nitrogens with zero attached hydrogens (tertiary/aromatic N) is 2. The van der Waals surface area contributed by atoms with E-state index in [0.29, 0.717) is 23.7 Å². The summed E-state index contributed by atoms with van der Waals surface area (Å²) in [5, 5.41) is 8.84. The Balaban J connectivity index is 1.73. The van der Waals surface area contributed by atoms with E-state index in [1.165, 1.54) is 5.56 Å². The molecule has 3 N–H and O–H groups in total. The summed E-state index contributed by atoms with van der Waals surface area (Å²) in [4.78, 5) is 30.4. The van der Waals surface area contributed by atoms with Crippen LogP contribution < -0.4 is 20.9 Å². The normalized spacial score (nSPS) is 14.1. The Hall–Kier alpha value is -3.06. The largest absolute Gasteiger partial charge is 0.371 e. The number of piperidine rings is 1. The molecule has 2 aromatic carbocycles. The first kappa shape index (κ1) is 26.5. The molecular weight excluding hydrogens is 438 g/mol. The van der Waals surface area contributed by atoms with Gasteiger partial charge in [-0.3, -0.25) is 4.79 Å². The molecule has 35 heavy (non-hydrogen) atoms. The lowest BCUT2D eigenvalue weighted by molar-refractivity contribution is 0.0949. The minimum atomic E-state index is -0.332. The SMILES string of the molecule is CCc1ccc(NC(=O)Nc2ccc(N3CCC(C)CC3)c(C(=O)NCCN(CC)CC)c2)cc1. The first-order chi connectivity index (χ1) is 16.9. The van der Waals surface area contributed by atoms with Crippen molar-refractivity contribution < 1.29 is 9.59 Å². The van der Waals surface area contributed by atoms with Crippen LogP contribution in [-0.4, -0.2) is 56.1 Å². The molecule has 0 radical (unpaired) electrons. The number of amides is 3. The highest BCUT2D eigenvalue weighted by Gasteiger charge is 2.22. The smallest absolute Gasteiger partial charge is 0.323 e. The lowest BCUT2D eigenvalue weighted by atomic mass is 9.98. The van der Waals surface area contributed by atoms with Crippen LogP contribution in [0.4, 0.5) is 21.9 Å². The zero-order chi connectivity index (χ0) is 25.2. The van der Waals surface area contributed by atoms with E-state index in [9.17, 15) is 9.59 Å². The molecule has 3 amide bonds. The van der Waals surface area contributed by atoms with Crippen LogP contribution in [0, 0.1) is 5.92 Å². The number of hydrogen-bond donors (Lipinski definition) is 3. The molecule has 0 aromatic heterocycles. The van der Waals surface area contributed by atoms with E-state index in [0.717, 1.165) is 63.4 Å². The van der Waals surface area contributed by atoms with Gasteiger partial charge in [0.25, 0.3) is 5.91 Å². The number of hydrogen-bond acceptors (Lipinski definition) is 4. The average Bonchev–Trinajstić information content (AvgIpc) is 2.87. The van der Waals surface area contributed by atoms with Crippen LogP contribution >= 0.6 is 0 Å². The maximum absolute atomic E-state index is 13.2. The van der Waals surface area contributed by atoms with Gasteiger partial charge in [-0.05, 0) is 74.2 Å². The Bertz CT molecular complexity index is 964. The number of carbonyl (C=O) groups is 2. The number of carbonyl (C=O) groups excluding carboxylic acids is 2. The van der Waals surface area contributed by atoms with Crippen LogP contribution in [0.2, 0.25) is 0 Å². The second-order valence-corrected chi connectivity index (χ2v) is 9.31. The third kappa shape index (κ3) is 7.72. The fourth-order valence-electron chi connectivity index (χ4n) is 4.40. The number of anilines is 3. The Morgan fingerprint density at radius 2 is 1.57 bits per heavy atom. The highest BCUT2D eigenvalue weighted by Crippen LogP contribution is 2.29. The van der Waals surface area contributed by atoms with Gasteiger partial charge in [0.1, 0.15) is 0 Å². The summed E-state index contributed by atoms with van der Waals surface area (Å²) < 4.78 is 0. The van der Waals surface area contributed by atoms with Gasteiger partial charge in [-0.25, -0.2) is 4.79 Å². The van der Waals surface area contributed by atoms with Gasteiger partial charge >= 0.3 is 6.03 Å². The highest BCUT2D eigenvalue weighted by atomic mass is 16.2. The molecule has 1 aliphatic heterocycles. The van der Waals surface area contributed by atoms with Crippen LogP contribution in [0.15, 0.2) is 42.5 Å². The number of likely N-dealkylation sites (N-methyl/N-ethyl adjacent to an activating group) is 1. The summed E-state index contributed by atoms with van der Waals surface area (Å²) in [7, 11) is 0. The number of nitrogens with one attached hydrogen (secondary N) is 3. The first-order valence-electron chi connectivity index (χ1n) is 13.0. The Morgan fingerprint density at radius 1 is 0.943 bits per heavy atom. The maximum atomic E-state index is 13.2. The van der Waals surface area contributed by atoms with Crippen molar-refractivity contribution in [1.82, 2.24) is 10.2 Å². The molecule has 0 aliphatic carbocycles. The van der Waals surface area contributed by atoms with E-state index in [1.807, 2.05) is 36.4 Å². The first-order valence-corrected chi connectivity index (χ1v) is 13.0. The van der Waals surface area contributed by atoms with Crippen LogP contribution in [0.1, 0.15) is 56.5 Å². The van der Waals surface area contributed by atoms with Gasteiger partial charge in [0.15, 0.2) is 0 Å². The molecule has 7 nitrogen and oxygen atoms in total. The lowest BCUT2D eigenvalue weighted by Crippen LogP contribution is -2.37. The molecule has 1 heterocycles.